The molecule has 0 amide bonds. The molecule has 104 valence electrons. The number of esters is 1. The van der Waals surface area contributed by atoms with Crippen LogP contribution < -0.4 is 0 Å². The Morgan fingerprint density at radius 1 is 1.25 bits per heavy atom. The molecule has 0 saturated heterocycles. The topological polar surface area (TPSA) is 26.3 Å². The minimum atomic E-state index is -0.352. The zero-order chi connectivity index (χ0) is 14.5. The molecule has 2 aromatic rings. The van der Waals surface area contributed by atoms with Gasteiger partial charge in [0.1, 0.15) is 0 Å². The molecule has 20 heavy (non-hydrogen) atoms. The van der Waals surface area contributed by atoms with Crippen molar-refractivity contribution in [2.75, 3.05) is 6.61 Å². The molecule has 0 spiro atoms. The lowest BCUT2D eigenvalue weighted by atomic mass is 10.2. The summed E-state index contributed by atoms with van der Waals surface area (Å²) in [7, 11) is 0. The van der Waals surface area contributed by atoms with Gasteiger partial charge in [-0.05, 0) is 49.4 Å². The highest BCUT2D eigenvalue weighted by atomic mass is 79.9. The summed E-state index contributed by atoms with van der Waals surface area (Å²) in [4.78, 5) is 13.8. The molecule has 2 rings (SSSR count). The van der Waals surface area contributed by atoms with Gasteiger partial charge in [-0.25, -0.2) is 4.79 Å². The van der Waals surface area contributed by atoms with Crippen LogP contribution in [-0.2, 0) is 4.74 Å². The molecular formula is C15H12BrClO2S. The lowest BCUT2D eigenvalue weighted by Crippen LogP contribution is -2.06. The van der Waals surface area contributed by atoms with Crippen LogP contribution in [0.4, 0.5) is 0 Å². The highest BCUT2D eigenvalue weighted by Gasteiger charge is 2.14. The molecule has 5 heteroatoms. The molecule has 2 aromatic carbocycles. The zero-order valence-electron chi connectivity index (χ0n) is 10.7. The summed E-state index contributed by atoms with van der Waals surface area (Å²) in [5.74, 6) is -0.352. The van der Waals surface area contributed by atoms with Gasteiger partial charge in [0.25, 0.3) is 0 Å². The van der Waals surface area contributed by atoms with Crippen LogP contribution in [-0.4, -0.2) is 12.6 Å². The van der Waals surface area contributed by atoms with Crippen molar-refractivity contribution in [2.45, 2.75) is 16.7 Å². The average molecular weight is 372 g/mol. The number of rotatable bonds is 4. The van der Waals surface area contributed by atoms with Crippen LogP contribution in [0.15, 0.2) is 56.7 Å². The second kappa shape index (κ2) is 7.16. The van der Waals surface area contributed by atoms with E-state index in [4.69, 9.17) is 16.3 Å². The van der Waals surface area contributed by atoms with E-state index in [0.717, 1.165) is 14.3 Å². The first-order valence-corrected chi connectivity index (χ1v) is 7.99. The van der Waals surface area contributed by atoms with E-state index in [0.29, 0.717) is 17.2 Å². The predicted octanol–water partition coefficient (Wildman–Crippen LogP) is 5.43. The highest BCUT2D eigenvalue weighted by molar-refractivity contribution is 9.10. The molecule has 0 aliphatic heterocycles. The summed E-state index contributed by atoms with van der Waals surface area (Å²) in [6, 6.07) is 13.1. The fourth-order valence-corrected chi connectivity index (χ4v) is 2.94. The van der Waals surface area contributed by atoms with E-state index < -0.39 is 0 Å². The van der Waals surface area contributed by atoms with Crippen LogP contribution in [0.2, 0.25) is 5.02 Å². The smallest absolute Gasteiger partial charge is 0.339 e. The van der Waals surface area contributed by atoms with Crippen molar-refractivity contribution in [1.29, 1.82) is 0 Å². The van der Waals surface area contributed by atoms with E-state index in [1.807, 2.05) is 30.3 Å². The second-order valence-electron chi connectivity index (χ2n) is 3.92. The van der Waals surface area contributed by atoms with E-state index >= 15 is 0 Å². The van der Waals surface area contributed by atoms with Crippen molar-refractivity contribution in [2.24, 2.45) is 0 Å². The lowest BCUT2D eigenvalue weighted by Gasteiger charge is -2.09. The van der Waals surface area contributed by atoms with Crippen LogP contribution in [0.1, 0.15) is 17.3 Å². The third-order valence-corrected chi connectivity index (χ3v) is 4.33. The largest absolute Gasteiger partial charge is 0.462 e. The summed E-state index contributed by atoms with van der Waals surface area (Å²) in [6.07, 6.45) is 0. The zero-order valence-corrected chi connectivity index (χ0v) is 13.9. The second-order valence-corrected chi connectivity index (χ2v) is 6.38. The third kappa shape index (κ3) is 4.01. The van der Waals surface area contributed by atoms with Crippen molar-refractivity contribution in [3.8, 4) is 0 Å². The first-order valence-electron chi connectivity index (χ1n) is 6.00. The summed E-state index contributed by atoms with van der Waals surface area (Å²) < 4.78 is 6.08. The predicted molar refractivity (Wildman–Crippen MR) is 85.7 cm³/mol. The Hall–Kier alpha value is -0.970. The number of carbonyl (C=O) groups excluding carboxylic acids is 1. The van der Waals surface area contributed by atoms with E-state index in [9.17, 15) is 4.79 Å². The Morgan fingerprint density at radius 3 is 2.60 bits per heavy atom. The van der Waals surface area contributed by atoms with Gasteiger partial charge in [0, 0.05) is 19.3 Å². The van der Waals surface area contributed by atoms with Gasteiger partial charge in [0.15, 0.2) is 0 Å². The number of halogens is 2. The summed E-state index contributed by atoms with van der Waals surface area (Å²) >= 11 is 10.9. The molecule has 0 aromatic heterocycles. The number of hydrogen-bond donors (Lipinski definition) is 0. The van der Waals surface area contributed by atoms with Gasteiger partial charge in [-0.1, -0.05) is 39.3 Å². The number of benzene rings is 2. The van der Waals surface area contributed by atoms with Gasteiger partial charge in [-0.3, -0.25) is 0 Å². The molecule has 0 heterocycles. The van der Waals surface area contributed by atoms with Crippen molar-refractivity contribution < 1.29 is 9.53 Å². The van der Waals surface area contributed by atoms with Gasteiger partial charge in [-0.15, -0.1) is 0 Å². The molecular weight excluding hydrogens is 360 g/mol. The fourth-order valence-electron chi connectivity index (χ4n) is 1.59. The standard InChI is InChI=1S/C15H12BrClO2S/c1-2-19-15(18)13-9-11(17)5-8-14(13)20-12-6-3-10(16)4-7-12/h3-9H,2H2,1H3. The van der Waals surface area contributed by atoms with E-state index in [1.54, 1.807) is 19.1 Å². The Balaban J connectivity index is 2.31. The van der Waals surface area contributed by atoms with Gasteiger partial charge in [0.05, 0.1) is 12.2 Å². The monoisotopic (exact) mass is 370 g/mol. The SMILES string of the molecule is CCOC(=O)c1cc(Cl)ccc1Sc1ccc(Br)cc1. The quantitative estimate of drug-likeness (QED) is 0.670. The molecule has 0 aliphatic rings. The molecule has 0 N–H and O–H groups in total. The van der Waals surface area contributed by atoms with Gasteiger partial charge >= 0.3 is 5.97 Å². The van der Waals surface area contributed by atoms with Crippen LogP contribution in [0.5, 0.6) is 0 Å². The maximum Gasteiger partial charge on any atom is 0.339 e. The number of hydrogen-bond acceptors (Lipinski definition) is 3. The Bertz CT molecular complexity index is 614. The van der Waals surface area contributed by atoms with Crippen LogP contribution >= 0.6 is 39.3 Å². The van der Waals surface area contributed by atoms with Gasteiger partial charge < -0.3 is 4.74 Å². The molecule has 0 atom stereocenters. The third-order valence-electron chi connectivity index (χ3n) is 2.48. The van der Waals surface area contributed by atoms with Crippen molar-refractivity contribution in [3.63, 3.8) is 0 Å². The molecule has 0 radical (unpaired) electrons. The molecule has 0 fully saturated rings. The summed E-state index contributed by atoms with van der Waals surface area (Å²) in [5, 5.41) is 0.521. The molecule has 0 saturated carbocycles. The summed E-state index contributed by atoms with van der Waals surface area (Å²) in [6.45, 7) is 2.12. The average Bonchev–Trinajstić information content (AvgIpc) is 2.43. The number of ether oxygens (including phenoxy) is 1. The highest BCUT2D eigenvalue weighted by Crippen LogP contribution is 2.33. The first-order chi connectivity index (χ1) is 9.60. The minimum Gasteiger partial charge on any atom is -0.462 e. The number of carbonyl (C=O) groups is 1. The summed E-state index contributed by atoms with van der Waals surface area (Å²) in [5.41, 5.74) is 0.493. The lowest BCUT2D eigenvalue weighted by molar-refractivity contribution is 0.0522. The van der Waals surface area contributed by atoms with E-state index in [2.05, 4.69) is 15.9 Å². The normalized spacial score (nSPS) is 10.3. The van der Waals surface area contributed by atoms with Crippen LogP contribution in [0.3, 0.4) is 0 Å². The van der Waals surface area contributed by atoms with Crippen molar-refractivity contribution in [1.82, 2.24) is 0 Å². The Morgan fingerprint density at radius 2 is 1.95 bits per heavy atom. The molecule has 0 unspecified atom stereocenters. The van der Waals surface area contributed by atoms with Crippen molar-refractivity contribution in [3.05, 3.63) is 57.5 Å². The molecule has 2 nitrogen and oxygen atoms in total. The maximum absolute atomic E-state index is 12.0. The maximum atomic E-state index is 12.0. The molecule has 0 aliphatic carbocycles. The van der Waals surface area contributed by atoms with Gasteiger partial charge in [-0.2, -0.15) is 0 Å². The van der Waals surface area contributed by atoms with Gasteiger partial charge in [0.2, 0.25) is 0 Å². The minimum absolute atomic E-state index is 0.341. The van der Waals surface area contributed by atoms with Crippen LogP contribution in [0, 0.1) is 0 Å². The molecule has 0 bridgehead atoms. The van der Waals surface area contributed by atoms with E-state index in [1.165, 1.54) is 11.8 Å². The Labute approximate surface area is 135 Å². The Kier molecular flexibility index (Phi) is 5.52. The fraction of sp³-hybridized carbons (Fsp3) is 0.133. The van der Waals surface area contributed by atoms with Crippen molar-refractivity contribution >= 4 is 45.3 Å². The van der Waals surface area contributed by atoms with Crippen LogP contribution in [0.25, 0.3) is 0 Å². The first kappa shape index (κ1) is 15.4. The van der Waals surface area contributed by atoms with E-state index in [-0.39, 0.29) is 5.97 Å².